The van der Waals surface area contributed by atoms with Crippen LogP contribution in [0.15, 0.2) is 48.5 Å². The van der Waals surface area contributed by atoms with Crippen LogP contribution in [0.4, 0.5) is 11.4 Å². The van der Waals surface area contributed by atoms with Gasteiger partial charge in [0.25, 0.3) is 5.91 Å². The Labute approximate surface area is 188 Å². The fourth-order valence-electron chi connectivity index (χ4n) is 3.27. The van der Waals surface area contributed by atoms with E-state index in [9.17, 15) is 9.59 Å². The normalized spacial score (nSPS) is 15.2. The van der Waals surface area contributed by atoms with Crippen LogP contribution in [0.3, 0.4) is 0 Å². The molecule has 8 nitrogen and oxygen atoms in total. The number of ether oxygens (including phenoxy) is 3. The quantitative estimate of drug-likeness (QED) is 0.438. The maximum Gasteiger partial charge on any atom is 0.251 e. The molecule has 32 heavy (non-hydrogen) atoms. The summed E-state index contributed by atoms with van der Waals surface area (Å²) in [7, 11) is 0. The maximum absolute atomic E-state index is 12.4. The number of amides is 2. The molecule has 0 radical (unpaired) electrons. The van der Waals surface area contributed by atoms with E-state index in [2.05, 4.69) is 16.0 Å². The fraction of sp³-hybridized carbons (Fsp3) is 0.417. The Balaban J connectivity index is 1.41. The van der Waals surface area contributed by atoms with E-state index in [1.165, 1.54) is 0 Å². The van der Waals surface area contributed by atoms with Crippen molar-refractivity contribution in [2.45, 2.75) is 25.9 Å². The summed E-state index contributed by atoms with van der Waals surface area (Å²) < 4.78 is 16.3. The van der Waals surface area contributed by atoms with E-state index in [0.29, 0.717) is 43.3 Å². The topological polar surface area (TPSA) is 97.9 Å². The molecule has 0 spiro atoms. The van der Waals surface area contributed by atoms with E-state index < -0.39 is 0 Å². The second kappa shape index (κ2) is 12.7. The smallest absolute Gasteiger partial charge is 0.251 e. The molecule has 1 saturated heterocycles. The zero-order chi connectivity index (χ0) is 22.6. The molecule has 1 aliphatic heterocycles. The summed E-state index contributed by atoms with van der Waals surface area (Å²) in [5.41, 5.74) is 1.91. The lowest BCUT2D eigenvalue weighted by Crippen LogP contribution is -2.31. The van der Waals surface area contributed by atoms with Crippen LogP contribution >= 0.6 is 0 Å². The minimum absolute atomic E-state index is 0.0770. The van der Waals surface area contributed by atoms with E-state index in [-0.39, 0.29) is 24.5 Å². The first-order chi connectivity index (χ1) is 15.6. The monoisotopic (exact) mass is 441 g/mol. The standard InChI is InChI=1S/C24H31N3O5/c1-2-30-13-14-32-21-10-8-19(9-11-21)27-23(28)17-25-20-6-3-5-18(15-20)24(29)26-16-22-7-4-12-31-22/h3,5-6,8-11,15,22,25H,2,4,7,12-14,16-17H2,1H3,(H,26,29)(H,27,28). The SMILES string of the molecule is CCOCCOc1ccc(NC(=O)CNc2cccc(C(=O)NCC3CCCO3)c2)cc1. The minimum atomic E-state index is -0.191. The van der Waals surface area contributed by atoms with Crippen LogP contribution in [-0.2, 0) is 14.3 Å². The lowest BCUT2D eigenvalue weighted by Gasteiger charge is -2.12. The van der Waals surface area contributed by atoms with Crippen molar-refractivity contribution in [3.05, 3.63) is 54.1 Å². The highest BCUT2D eigenvalue weighted by molar-refractivity contribution is 5.96. The van der Waals surface area contributed by atoms with Gasteiger partial charge in [-0.05, 0) is 62.2 Å². The zero-order valence-electron chi connectivity index (χ0n) is 18.4. The molecule has 2 aromatic carbocycles. The van der Waals surface area contributed by atoms with Gasteiger partial charge >= 0.3 is 0 Å². The highest BCUT2D eigenvalue weighted by atomic mass is 16.5. The third kappa shape index (κ3) is 7.86. The number of carbonyl (C=O) groups excluding carboxylic acids is 2. The molecule has 0 aliphatic carbocycles. The van der Waals surface area contributed by atoms with Gasteiger partial charge in [-0.3, -0.25) is 9.59 Å². The van der Waals surface area contributed by atoms with Crippen LogP contribution in [0.5, 0.6) is 5.75 Å². The zero-order valence-corrected chi connectivity index (χ0v) is 18.4. The highest BCUT2D eigenvalue weighted by Gasteiger charge is 2.16. The van der Waals surface area contributed by atoms with E-state index in [0.717, 1.165) is 25.2 Å². The first-order valence-corrected chi connectivity index (χ1v) is 11.0. The van der Waals surface area contributed by atoms with Crippen LogP contribution in [-0.4, -0.2) is 57.4 Å². The Bertz CT molecular complexity index is 866. The van der Waals surface area contributed by atoms with Crippen molar-refractivity contribution in [2.75, 3.05) is 50.2 Å². The number of rotatable bonds is 12. The maximum atomic E-state index is 12.4. The molecule has 8 heteroatoms. The average Bonchev–Trinajstić information content (AvgIpc) is 3.34. The van der Waals surface area contributed by atoms with Crippen LogP contribution in [0.25, 0.3) is 0 Å². The molecular weight excluding hydrogens is 410 g/mol. The number of benzene rings is 2. The summed E-state index contributed by atoms with van der Waals surface area (Å²) >= 11 is 0. The van der Waals surface area contributed by atoms with Gasteiger partial charge in [-0.2, -0.15) is 0 Å². The van der Waals surface area contributed by atoms with E-state index in [1.54, 1.807) is 42.5 Å². The largest absolute Gasteiger partial charge is 0.491 e. The number of nitrogens with one attached hydrogen (secondary N) is 3. The van der Waals surface area contributed by atoms with E-state index >= 15 is 0 Å². The molecule has 0 aromatic heterocycles. The molecule has 1 atom stereocenters. The van der Waals surface area contributed by atoms with Crippen molar-refractivity contribution in [1.29, 1.82) is 0 Å². The molecular formula is C24H31N3O5. The number of hydrogen-bond donors (Lipinski definition) is 3. The molecule has 0 saturated carbocycles. The molecule has 1 fully saturated rings. The molecule has 2 aromatic rings. The molecule has 3 N–H and O–H groups in total. The first-order valence-electron chi connectivity index (χ1n) is 11.0. The molecule has 2 amide bonds. The fourth-order valence-corrected chi connectivity index (χ4v) is 3.27. The van der Waals surface area contributed by atoms with Gasteiger partial charge in [0.2, 0.25) is 5.91 Å². The van der Waals surface area contributed by atoms with Crippen molar-refractivity contribution in [2.24, 2.45) is 0 Å². The highest BCUT2D eigenvalue weighted by Crippen LogP contribution is 2.16. The summed E-state index contributed by atoms with van der Waals surface area (Å²) in [5, 5.41) is 8.78. The summed E-state index contributed by atoms with van der Waals surface area (Å²) in [4.78, 5) is 24.6. The second-order valence-electron chi connectivity index (χ2n) is 7.40. The summed E-state index contributed by atoms with van der Waals surface area (Å²) in [6.07, 6.45) is 2.11. The summed E-state index contributed by atoms with van der Waals surface area (Å²) in [5.74, 6) is 0.371. The van der Waals surface area contributed by atoms with Crippen LogP contribution in [0.1, 0.15) is 30.1 Å². The minimum Gasteiger partial charge on any atom is -0.491 e. The van der Waals surface area contributed by atoms with Gasteiger partial charge in [0.15, 0.2) is 0 Å². The second-order valence-corrected chi connectivity index (χ2v) is 7.40. The number of carbonyl (C=O) groups is 2. The Hall–Kier alpha value is -3.10. The predicted molar refractivity (Wildman–Crippen MR) is 123 cm³/mol. The Morgan fingerprint density at radius 2 is 1.94 bits per heavy atom. The molecule has 1 aliphatic rings. The van der Waals surface area contributed by atoms with Gasteiger partial charge in [0.05, 0.1) is 19.3 Å². The molecule has 172 valence electrons. The third-order valence-electron chi connectivity index (χ3n) is 4.93. The van der Waals surface area contributed by atoms with Crippen LogP contribution in [0, 0.1) is 0 Å². The number of hydrogen-bond acceptors (Lipinski definition) is 6. The Morgan fingerprint density at radius 3 is 2.69 bits per heavy atom. The Morgan fingerprint density at radius 1 is 1.09 bits per heavy atom. The lowest BCUT2D eigenvalue weighted by atomic mass is 10.1. The molecule has 1 unspecified atom stereocenters. The van der Waals surface area contributed by atoms with Gasteiger partial charge in [-0.15, -0.1) is 0 Å². The van der Waals surface area contributed by atoms with Gasteiger partial charge in [-0.1, -0.05) is 6.07 Å². The lowest BCUT2D eigenvalue weighted by molar-refractivity contribution is -0.114. The first kappa shape index (κ1) is 23.6. The average molecular weight is 442 g/mol. The van der Waals surface area contributed by atoms with Crippen molar-refractivity contribution >= 4 is 23.2 Å². The van der Waals surface area contributed by atoms with Gasteiger partial charge in [-0.25, -0.2) is 0 Å². The van der Waals surface area contributed by atoms with Gasteiger partial charge < -0.3 is 30.2 Å². The van der Waals surface area contributed by atoms with Crippen molar-refractivity contribution in [3.8, 4) is 5.75 Å². The van der Waals surface area contributed by atoms with Gasteiger partial charge in [0, 0.05) is 36.7 Å². The predicted octanol–water partition coefficient (Wildman–Crippen LogP) is 3.06. The van der Waals surface area contributed by atoms with Crippen molar-refractivity contribution < 1.29 is 23.8 Å². The van der Waals surface area contributed by atoms with Gasteiger partial charge in [0.1, 0.15) is 12.4 Å². The van der Waals surface area contributed by atoms with Crippen molar-refractivity contribution in [1.82, 2.24) is 5.32 Å². The summed E-state index contributed by atoms with van der Waals surface area (Å²) in [6, 6.07) is 14.2. The number of anilines is 2. The molecule has 3 rings (SSSR count). The molecule has 1 heterocycles. The van der Waals surface area contributed by atoms with E-state index in [1.807, 2.05) is 13.0 Å². The van der Waals surface area contributed by atoms with Crippen molar-refractivity contribution in [3.63, 3.8) is 0 Å². The molecule has 0 bridgehead atoms. The third-order valence-corrected chi connectivity index (χ3v) is 4.93. The summed E-state index contributed by atoms with van der Waals surface area (Å²) in [6.45, 7) is 4.97. The Kier molecular flexibility index (Phi) is 9.34. The van der Waals surface area contributed by atoms with Crippen LogP contribution < -0.4 is 20.7 Å². The van der Waals surface area contributed by atoms with E-state index in [4.69, 9.17) is 14.2 Å². The van der Waals surface area contributed by atoms with Crippen LogP contribution in [0.2, 0.25) is 0 Å².